The number of rotatable bonds is 4. The molecule has 2 aromatic rings. The van der Waals surface area contributed by atoms with Gasteiger partial charge in [0.25, 0.3) is 5.91 Å². The number of furan rings is 1. The lowest BCUT2D eigenvalue weighted by molar-refractivity contribution is 0.0870. The van der Waals surface area contributed by atoms with Crippen LogP contribution in [0, 0.1) is 5.92 Å². The molecule has 1 atom stereocenters. The maximum Gasteiger partial charge on any atom is 0.287 e. The summed E-state index contributed by atoms with van der Waals surface area (Å²) in [6, 6.07) is 3.22. The van der Waals surface area contributed by atoms with Crippen LogP contribution in [0.2, 0.25) is 5.02 Å². The van der Waals surface area contributed by atoms with Gasteiger partial charge in [-0.3, -0.25) is 4.79 Å². The first-order valence-electron chi connectivity index (χ1n) is 10.3. The quantitative estimate of drug-likeness (QED) is 0.589. The molecule has 1 spiro atoms. The van der Waals surface area contributed by atoms with Gasteiger partial charge in [0, 0.05) is 10.9 Å². The molecule has 7 heteroatoms. The largest absolute Gasteiger partial charge is 0.450 e. The molecular formula is C22H28ClN3O3. The molecule has 1 unspecified atom stereocenters. The predicted octanol–water partition coefficient (Wildman–Crippen LogP) is 4.48. The van der Waals surface area contributed by atoms with E-state index in [2.05, 4.69) is 22.5 Å². The van der Waals surface area contributed by atoms with Gasteiger partial charge in [-0.1, -0.05) is 51.3 Å². The zero-order valence-electron chi connectivity index (χ0n) is 16.9. The average Bonchev–Trinajstić information content (AvgIpc) is 3.09. The second-order valence-corrected chi connectivity index (χ2v) is 8.92. The highest BCUT2D eigenvalue weighted by molar-refractivity contribution is 6.34. The zero-order chi connectivity index (χ0) is 20.8. The predicted molar refractivity (Wildman–Crippen MR) is 115 cm³/mol. The summed E-state index contributed by atoms with van der Waals surface area (Å²) in [5.41, 5.74) is 2.17. The number of nitrogens with one attached hydrogen (secondary N) is 3. The Morgan fingerprint density at radius 2 is 2.07 bits per heavy atom. The topological polar surface area (TPSA) is 86.5 Å². The molecule has 1 saturated carbocycles. The molecule has 1 amide bonds. The van der Waals surface area contributed by atoms with Crippen LogP contribution in [0.25, 0.3) is 11.0 Å². The van der Waals surface area contributed by atoms with E-state index < -0.39 is 0 Å². The molecule has 4 N–H and O–H groups in total. The zero-order valence-corrected chi connectivity index (χ0v) is 17.7. The Morgan fingerprint density at radius 3 is 2.72 bits per heavy atom. The van der Waals surface area contributed by atoms with E-state index in [1.165, 1.54) is 6.42 Å². The summed E-state index contributed by atoms with van der Waals surface area (Å²) < 4.78 is 6.11. The summed E-state index contributed by atoms with van der Waals surface area (Å²) in [5.74, 6) is 0.727. The molecule has 29 heavy (non-hydrogen) atoms. The maximum absolute atomic E-state index is 12.8. The van der Waals surface area contributed by atoms with Gasteiger partial charge < -0.3 is 25.5 Å². The number of hydrogen-bond acceptors (Lipinski definition) is 5. The van der Waals surface area contributed by atoms with Crippen LogP contribution in [-0.2, 0) is 5.54 Å². The highest BCUT2D eigenvalue weighted by Crippen LogP contribution is 2.49. The van der Waals surface area contributed by atoms with Crippen LogP contribution in [0.1, 0.15) is 62.1 Å². The number of carbonyl (C=O) groups excluding carboxylic acids is 1. The van der Waals surface area contributed by atoms with E-state index in [1.54, 1.807) is 6.07 Å². The van der Waals surface area contributed by atoms with E-state index in [1.807, 2.05) is 19.9 Å². The number of aliphatic hydroxyl groups is 1. The van der Waals surface area contributed by atoms with Gasteiger partial charge in [0.1, 0.15) is 5.58 Å². The fourth-order valence-corrected chi connectivity index (χ4v) is 4.83. The summed E-state index contributed by atoms with van der Waals surface area (Å²) in [5, 5.41) is 20.6. The summed E-state index contributed by atoms with van der Waals surface area (Å²) in [6.45, 7) is 7.86. The molecular weight excluding hydrogens is 390 g/mol. The number of benzene rings is 1. The van der Waals surface area contributed by atoms with Crippen LogP contribution >= 0.6 is 11.6 Å². The van der Waals surface area contributed by atoms with Gasteiger partial charge >= 0.3 is 0 Å². The third kappa shape index (κ3) is 3.49. The van der Waals surface area contributed by atoms with E-state index in [-0.39, 0.29) is 35.8 Å². The molecule has 1 fully saturated rings. The van der Waals surface area contributed by atoms with Gasteiger partial charge in [-0.25, -0.2) is 0 Å². The number of fused-ring (bicyclic) bond motifs is 4. The molecule has 156 valence electrons. The molecule has 0 bridgehead atoms. The first kappa shape index (κ1) is 20.1. The third-order valence-corrected chi connectivity index (χ3v) is 6.45. The number of amides is 1. The minimum absolute atomic E-state index is 0.112. The lowest BCUT2D eigenvalue weighted by Gasteiger charge is -2.44. The van der Waals surface area contributed by atoms with Gasteiger partial charge in [-0.15, -0.1) is 0 Å². The van der Waals surface area contributed by atoms with Crippen LogP contribution in [-0.4, -0.2) is 23.7 Å². The molecule has 0 radical (unpaired) electrons. The summed E-state index contributed by atoms with van der Waals surface area (Å²) in [7, 11) is 0. The van der Waals surface area contributed by atoms with Crippen molar-refractivity contribution < 1.29 is 14.3 Å². The smallest absolute Gasteiger partial charge is 0.287 e. The fraction of sp³-hybridized carbons (Fsp3) is 0.500. The van der Waals surface area contributed by atoms with Crippen molar-refractivity contribution in [2.75, 3.05) is 11.9 Å². The van der Waals surface area contributed by atoms with Gasteiger partial charge in [0.05, 0.1) is 34.7 Å². The monoisotopic (exact) mass is 417 g/mol. The molecule has 6 nitrogen and oxygen atoms in total. The van der Waals surface area contributed by atoms with Gasteiger partial charge in [-0.2, -0.15) is 0 Å². The highest BCUT2D eigenvalue weighted by atomic mass is 35.5. The van der Waals surface area contributed by atoms with Gasteiger partial charge in [0.15, 0.2) is 5.76 Å². The SMILES string of the molecule is C=C1Nc2c(Cl)cc3cc(C(=O)NC(CO)C(C)C)oc3c2C2(CCCCC2)N1. The fourth-order valence-electron chi connectivity index (χ4n) is 4.57. The first-order chi connectivity index (χ1) is 13.8. The van der Waals surface area contributed by atoms with Gasteiger partial charge in [0.2, 0.25) is 0 Å². The van der Waals surface area contributed by atoms with Crippen molar-refractivity contribution >= 4 is 34.2 Å². The van der Waals surface area contributed by atoms with Crippen molar-refractivity contribution in [3.05, 3.63) is 40.9 Å². The van der Waals surface area contributed by atoms with E-state index in [0.717, 1.165) is 48.1 Å². The van der Waals surface area contributed by atoms with Crippen LogP contribution in [0.3, 0.4) is 0 Å². The molecule has 1 aromatic heterocycles. The minimum atomic E-state index is -0.336. The molecule has 0 saturated heterocycles. The normalized spacial score (nSPS) is 19.0. The van der Waals surface area contributed by atoms with Crippen LogP contribution < -0.4 is 16.0 Å². The van der Waals surface area contributed by atoms with E-state index in [4.69, 9.17) is 16.0 Å². The standard InChI is InChI=1S/C22H28ClN3O3/c1-12(2)16(11-27)25-21(28)17-10-14-9-15(23)19-18(20(14)29-17)22(26-13(3)24-19)7-5-4-6-8-22/h9-10,12,16,24,26-27H,3-8,11H2,1-2H3,(H,25,28). The molecule has 4 rings (SSSR count). The van der Waals surface area contributed by atoms with Crippen LogP contribution in [0.5, 0.6) is 0 Å². The maximum atomic E-state index is 12.8. The second kappa shape index (κ2) is 7.58. The Morgan fingerprint density at radius 1 is 1.34 bits per heavy atom. The molecule has 2 aliphatic rings. The van der Waals surface area contributed by atoms with Gasteiger partial charge in [-0.05, 0) is 30.9 Å². The van der Waals surface area contributed by atoms with Crippen molar-refractivity contribution in [3.63, 3.8) is 0 Å². The highest BCUT2D eigenvalue weighted by Gasteiger charge is 2.42. The Kier molecular flexibility index (Phi) is 5.25. The minimum Gasteiger partial charge on any atom is -0.450 e. The number of aliphatic hydroxyl groups excluding tert-OH is 1. The Bertz CT molecular complexity index is 960. The van der Waals surface area contributed by atoms with E-state index in [0.29, 0.717) is 10.6 Å². The van der Waals surface area contributed by atoms with Crippen molar-refractivity contribution in [1.82, 2.24) is 10.6 Å². The van der Waals surface area contributed by atoms with Crippen molar-refractivity contribution in [2.45, 2.75) is 57.5 Å². The third-order valence-electron chi connectivity index (χ3n) is 6.15. The van der Waals surface area contributed by atoms with Crippen LogP contribution in [0.4, 0.5) is 5.69 Å². The van der Waals surface area contributed by atoms with Crippen LogP contribution in [0.15, 0.2) is 28.9 Å². The average molecular weight is 418 g/mol. The number of carbonyl (C=O) groups is 1. The molecule has 1 aliphatic heterocycles. The lowest BCUT2D eigenvalue weighted by atomic mass is 9.74. The molecule has 1 aliphatic carbocycles. The first-order valence-corrected chi connectivity index (χ1v) is 10.6. The van der Waals surface area contributed by atoms with Crippen molar-refractivity contribution in [3.8, 4) is 0 Å². The van der Waals surface area contributed by atoms with E-state index in [9.17, 15) is 9.90 Å². The number of anilines is 1. The van der Waals surface area contributed by atoms with Crippen molar-refractivity contribution in [2.24, 2.45) is 5.92 Å². The Hall–Kier alpha value is -2.18. The summed E-state index contributed by atoms with van der Waals surface area (Å²) in [4.78, 5) is 12.8. The number of hydrogen-bond donors (Lipinski definition) is 4. The summed E-state index contributed by atoms with van der Waals surface area (Å²) in [6.07, 6.45) is 5.32. The Balaban J connectivity index is 1.81. The number of halogens is 1. The molecule has 2 heterocycles. The Labute approximate surface area is 175 Å². The second-order valence-electron chi connectivity index (χ2n) is 8.52. The van der Waals surface area contributed by atoms with E-state index >= 15 is 0 Å². The molecule has 1 aromatic carbocycles. The lowest BCUT2D eigenvalue weighted by Crippen LogP contribution is -2.48. The van der Waals surface area contributed by atoms with Crippen molar-refractivity contribution in [1.29, 1.82) is 0 Å². The summed E-state index contributed by atoms with van der Waals surface area (Å²) >= 11 is 6.62.